The van der Waals surface area contributed by atoms with Gasteiger partial charge in [-0.05, 0) is 76.2 Å². The minimum atomic E-state index is -4.40. The Morgan fingerprint density at radius 3 is 2.41 bits per heavy atom. The average Bonchev–Trinajstić information content (AvgIpc) is 4.14. The van der Waals surface area contributed by atoms with Crippen LogP contribution in [0.15, 0.2) is 42.6 Å². The number of ether oxygens (including phenoxy) is 3. The predicted octanol–water partition coefficient (Wildman–Crippen LogP) is 6.72. The Bertz CT molecular complexity index is 2210. The SMILES string of the molecule is CC[C@@H]1C[C@@H](C)CC/C=C\[C@@H]2C[C@@]2(C(=O)NS(=O)(=O)C2(CF)CC2)CC(=O)[C@@H]2C[C@@H](Oc3ncc(N4CCOCC4)c4ccccc34)CN2C(=O)[C@H]1CC(=O)OC(C)(C)C(C)(F)F. The third kappa shape index (κ3) is 9.60. The van der Waals surface area contributed by atoms with E-state index in [0.29, 0.717) is 64.3 Å². The maximum Gasteiger partial charge on any atom is 0.307 e. The summed E-state index contributed by atoms with van der Waals surface area (Å²) in [5, 5.41) is 1.60. The molecule has 3 aliphatic heterocycles. The topological polar surface area (TPSA) is 162 Å². The van der Waals surface area contributed by atoms with Crippen molar-refractivity contribution in [1.29, 1.82) is 0 Å². The lowest BCUT2D eigenvalue weighted by Gasteiger charge is -2.35. The zero-order valence-electron chi connectivity index (χ0n) is 36.9. The van der Waals surface area contributed by atoms with Gasteiger partial charge in [0.2, 0.25) is 27.7 Å². The minimum Gasteiger partial charge on any atom is -0.472 e. The molecule has 0 bridgehead atoms. The molecule has 2 aliphatic carbocycles. The molecule has 7 rings (SSSR count). The molecule has 346 valence electrons. The second kappa shape index (κ2) is 18.0. The smallest absolute Gasteiger partial charge is 0.307 e. The number of nitrogens with zero attached hydrogens (tertiary/aromatic N) is 3. The second-order valence-corrected chi connectivity index (χ2v) is 21.2. The number of halogens is 3. The van der Waals surface area contributed by atoms with E-state index in [1.807, 2.05) is 50.3 Å². The number of pyridine rings is 1. The number of alkyl halides is 3. The van der Waals surface area contributed by atoms with Gasteiger partial charge in [0.05, 0.1) is 55.4 Å². The van der Waals surface area contributed by atoms with Crippen molar-refractivity contribution in [2.75, 3.05) is 44.4 Å². The molecule has 2 amide bonds. The molecule has 2 aromatic rings. The van der Waals surface area contributed by atoms with Crippen LogP contribution in [0.5, 0.6) is 5.88 Å². The van der Waals surface area contributed by atoms with Crippen LogP contribution in [0, 0.1) is 29.1 Å². The van der Waals surface area contributed by atoms with Crippen molar-refractivity contribution in [2.24, 2.45) is 29.1 Å². The average molecular weight is 903 g/mol. The third-order valence-electron chi connectivity index (χ3n) is 14.3. The number of hydrogen-bond acceptors (Lipinski definition) is 11. The predicted molar refractivity (Wildman–Crippen MR) is 229 cm³/mol. The molecule has 1 aromatic heterocycles. The number of amides is 2. The monoisotopic (exact) mass is 902 g/mol. The number of morpholine rings is 1. The third-order valence-corrected chi connectivity index (χ3v) is 16.4. The molecule has 7 atom stereocenters. The van der Waals surface area contributed by atoms with Crippen LogP contribution in [0.4, 0.5) is 18.9 Å². The highest BCUT2D eigenvalue weighted by atomic mass is 32.2. The quantitative estimate of drug-likeness (QED) is 0.178. The molecule has 5 aliphatic rings. The number of sulfonamides is 1. The highest BCUT2D eigenvalue weighted by molar-refractivity contribution is 7.91. The van der Waals surface area contributed by atoms with Gasteiger partial charge in [-0.15, -0.1) is 0 Å². The van der Waals surface area contributed by atoms with Crippen LogP contribution in [0.1, 0.15) is 98.8 Å². The summed E-state index contributed by atoms with van der Waals surface area (Å²) < 4.78 is 87.7. The van der Waals surface area contributed by atoms with Gasteiger partial charge in [-0.3, -0.25) is 23.9 Å². The first-order chi connectivity index (χ1) is 29.7. The molecule has 17 heteroatoms. The Morgan fingerprint density at radius 2 is 1.76 bits per heavy atom. The van der Waals surface area contributed by atoms with Crippen LogP contribution >= 0.6 is 0 Å². The molecular formula is C46H61F3N4O9S. The largest absolute Gasteiger partial charge is 0.472 e. The number of anilines is 1. The molecule has 0 spiro atoms. The highest BCUT2D eigenvalue weighted by Gasteiger charge is 2.63. The zero-order valence-corrected chi connectivity index (χ0v) is 37.7. The number of fused-ring (bicyclic) bond motifs is 3. The number of nitrogens with one attached hydrogen (secondary N) is 1. The standard InChI is InChI=1S/C46H61F3N4O9S/c1-6-30-21-29(2)11-7-8-12-31-24-46(31,42(57)51-63(58,59)45(28-47)15-16-45)25-38(54)36-22-32(27-53(36)41(56)35(30)23-39(55)62-43(3,4)44(5,48)49)61-40-34-14-10-9-13-33(34)37(26-50-40)52-17-19-60-20-18-52/h8-10,12-14,26,29-32,35-36H,6-7,11,15-25,27-28H2,1-5H3,(H,51,57)/b12-8-/t29-,30+,31+,32+,35-,36-,46+/m0/s1. The summed E-state index contributed by atoms with van der Waals surface area (Å²) in [6.45, 7) is 8.08. The lowest BCUT2D eigenvalue weighted by Crippen LogP contribution is -2.49. The van der Waals surface area contributed by atoms with Gasteiger partial charge in [0.25, 0.3) is 5.92 Å². The van der Waals surface area contributed by atoms with Crippen molar-refractivity contribution in [3.8, 4) is 5.88 Å². The zero-order chi connectivity index (χ0) is 45.5. The number of Topliss-reactive ketones (excluding diaryl/α,β-unsaturated/α-hetero) is 1. The second-order valence-electron chi connectivity index (χ2n) is 19.1. The van der Waals surface area contributed by atoms with Gasteiger partial charge >= 0.3 is 5.97 Å². The van der Waals surface area contributed by atoms with Gasteiger partial charge < -0.3 is 24.0 Å². The molecule has 0 radical (unpaired) electrons. The van der Waals surface area contributed by atoms with Gasteiger partial charge in [0.1, 0.15) is 17.5 Å². The molecular weight excluding hydrogens is 842 g/mol. The number of carbonyl (C=O) groups is 4. The van der Waals surface area contributed by atoms with E-state index < -0.39 is 105 Å². The van der Waals surface area contributed by atoms with E-state index >= 15 is 4.79 Å². The molecule has 1 N–H and O–H groups in total. The normalized spacial score (nSPS) is 29.8. The summed E-state index contributed by atoms with van der Waals surface area (Å²) in [6.07, 6.45) is 6.36. The van der Waals surface area contributed by atoms with E-state index in [1.165, 1.54) is 4.90 Å². The number of ketones is 1. The van der Waals surface area contributed by atoms with Crippen LogP contribution in [0.3, 0.4) is 0 Å². The van der Waals surface area contributed by atoms with Crippen molar-refractivity contribution in [3.63, 3.8) is 0 Å². The fraction of sp³-hybridized carbons (Fsp3) is 0.674. The van der Waals surface area contributed by atoms with Crippen LogP contribution in [-0.2, 0) is 38.7 Å². The van der Waals surface area contributed by atoms with Gasteiger partial charge in [0.15, 0.2) is 11.4 Å². The van der Waals surface area contributed by atoms with E-state index in [9.17, 15) is 36.0 Å². The summed E-state index contributed by atoms with van der Waals surface area (Å²) >= 11 is 0. The van der Waals surface area contributed by atoms with E-state index in [2.05, 4.69) is 9.62 Å². The van der Waals surface area contributed by atoms with Crippen molar-refractivity contribution in [2.45, 2.75) is 127 Å². The highest BCUT2D eigenvalue weighted by Crippen LogP contribution is 2.58. The lowest BCUT2D eigenvalue weighted by molar-refractivity contribution is -0.197. The molecule has 13 nitrogen and oxygen atoms in total. The van der Waals surface area contributed by atoms with E-state index in [-0.39, 0.29) is 44.0 Å². The molecule has 2 saturated heterocycles. The Hall–Kier alpha value is -4.25. The summed E-state index contributed by atoms with van der Waals surface area (Å²) in [4.78, 5) is 66.1. The van der Waals surface area contributed by atoms with Gasteiger partial charge in [-0.2, -0.15) is 0 Å². The van der Waals surface area contributed by atoms with Crippen molar-refractivity contribution in [1.82, 2.24) is 14.6 Å². The van der Waals surface area contributed by atoms with Crippen LogP contribution < -0.4 is 14.4 Å². The Balaban J connectivity index is 1.24. The maximum atomic E-state index is 15.2. The molecule has 4 heterocycles. The first-order valence-electron chi connectivity index (χ1n) is 22.3. The molecule has 4 fully saturated rings. The fourth-order valence-corrected chi connectivity index (χ4v) is 11.0. The van der Waals surface area contributed by atoms with Crippen LogP contribution in [0.2, 0.25) is 0 Å². The Labute approximate surface area is 367 Å². The van der Waals surface area contributed by atoms with Crippen LogP contribution in [0.25, 0.3) is 10.8 Å². The van der Waals surface area contributed by atoms with Gasteiger partial charge in [-0.25, -0.2) is 26.6 Å². The van der Waals surface area contributed by atoms with Gasteiger partial charge in [0, 0.05) is 43.6 Å². The minimum absolute atomic E-state index is 0.00723. The summed E-state index contributed by atoms with van der Waals surface area (Å²) in [7, 11) is -4.40. The number of esters is 1. The Morgan fingerprint density at radius 1 is 1.06 bits per heavy atom. The number of benzene rings is 1. The number of aromatic nitrogens is 1. The molecule has 2 saturated carbocycles. The van der Waals surface area contributed by atoms with Crippen molar-refractivity contribution in [3.05, 3.63) is 42.6 Å². The van der Waals surface area contributed by atoms with Crippen molar-refractivity contribution < 1.29 is 55.0 Å². The maximum absolute atomic E-state index is 15.2. The summed E-state index contributed by atoms with van der Waals surface area (Å²) in [5.41, 5.74) is -2.73. The number of carbonyl (C=O) groups excluding carboxylic acids is 4. The molecule has 1 aromatic carbocycles. The van der Waals surface area contributed by atoms with Crippen LogP contribution in [-0.4, -0.2) is 110 Å². The van der Waals surface area contributed by atoms with Crippen molar-refractivity contribution >= 4 is 50.1 Å². The molecule has 0 unspecified atom stereocenters. The lowest BCUT2D eigenvalue weighted by atomic mass is 9.79. The fourth-order valence-electron chi connectivity index (χ4n) is 9.55. The Kier molecular flexibility index (Phi) is 13.3. The molecule has 63 heavy (non-hydrogen) atoms. The first kappa shape index (κ1) is 46.7. The van der Waals surface area contributed by atoms with E-state index in [4.69, 9.17) is 19.2 Å². The van der Waals surface area contributed by atoms with E-state index in [0.717, 1.165) is 24.9 Å². The van der Waals surface area contributed by atoms with Gasteiger partial charge in [-0.1, -0.05) is 50.6 Å². The number of rotatable bonds is 12. The first-order valence-corrected chi connectivity index (χ1v) is 23.8. The summed E-state index contributed by atoms with van der Waals surface area (Å²) in [6, 6.07) is 6.46. The summed E-state index contributed by atoms with van der Waals surface area (Å²) in [5.74, 6) is -7.90. The van der Waals surface area contributed by atoms with E-state index in [1.54, 1.807) is 6.20 Å². The number of hydrogen-bond donors (Lipinski definition) is 1. The number of allylic oxidation sites excluding steroid dienone is 2.